The summed E-state index contributed by atoms with van der Waals surface area (Å²) in [6.45, 7) is 1.42. The predicted octanol–water partition coefficient (Wildman–Crippen LogP) is 5.77. The third kappa shape index (κ3) is 4.35. The van der Waals surface area contributed by atoms with Crippen molar-refractivity contribution in [2.45, 2.75) is 19.4 Å². The molecule has 1 aliphatic heterocycles. The van der Waals surface area contributed by atoms with Crippen molar-refractivity contribution in [3.05, 3.63) is 107 Å². The first-order valence-corrected chi connectivity index (χ1v) is 11.6. The summed E-state index contributed by atoms with van der Waals surface area (Å²) in [4.78, 5) is 27.2. The number of anilines is 1. The number of hydrogen-bond acceptors (Lipinski definition) is 4. The van der Waals surface area contributed by atoms with Gasteiger partial charge >= 0.3 is 0 Å². The summed E-state index contributed by atoms with van der Waals surface area (Å²) in [7, 11) is 1.58. The highest BCUT2D eigenvalue weighted by atomic mass is 19.1. The number of halogens is 1. The van der Waals surface area contributed by atoms with E-state index in [2.05, 4.69) is 9.88 Å². The Bertz CT molecular complexity index is 1370. The van der Waals surface area contributed by atoms with Crippen LogP contribution in [-0.2, 0) is 13.0 Å². The maximum atomic E-state index is 13.9. The van der Waals surface area contributed by atoms with Crippen LogP contribution in [0.2, 0.25) is 0 Å². The Morgan fingerprint density at radius 3 is 2.34 bits per heavy atom. The van der Waals surface area contributed by atoms with Crippen molar-refractivity contribution in [1.82, 2.24) is 4.57 Å². The number of nitrogens with zero attached hydrogens (tertiary/aromatic N) is 1. The highest BCUT2D eigenvalue weighted by Crippen LogP contribution is 2.39. The number of nitrogens with one attached hydrogen (secondary N) is 1. The van der Waals surface area contributed by atoms with E-state index in [4.69, 9.17) is 4.74 Å². The lowest BCUT2D eigenvalue weighted by atomic mass is 9.93. The fourth-order valence-electron chi connectivity index (χ4n) is 4.65. The number of fused-ring (bicyclic) bond motifs is 1. The summed E-state index contributed by atoms with van der Waals surface area (Å²) in [5, 5.41) is 3.39. The second-order valence-corrected chi connectivity index (χ2v) is 8.51. The first-order chi connectivity index (χ1) is 17.1. The van der Waals surface area contributed by atoms with Crippen molar-refractivity contribution in [3.63, 3.8) is 0 Å². The van der Waals surface area contributed by atoms with Gasteiger partial charge in [0.2, 0.25) is 0 Å². The highest BCUT2D eigenvalue weighted by molar-refractivity contribution is 6.15. The first-order valence-electron chi connectivity index (χ1n) is 11.6. The maximum Gasteiger partial charge on any atom is 0.197 e. The van der Waals surface area contributed by atoms with Crippen molar-refractivity contribution in [2.24, 2.45) is 0 Å². The number of carbonyl (C=O) groups excluding carboxylic acids is 2. The number of hydrogen-bond donors (Lipinski definition) is 1. The number of methoxy groups -OCH3 is 1. The van der Waals surface area contributed by atoms with Gasteiger partial charge in [0.1, 0.15) is 17.4 Å². The largest absolute Gasteiger partial charge is 0.497 e. The summed E-state index contributed by atoms with van der Waals surface area (Å²) in [5.41, 5.74) is 3.76. The Morgan fingerprint density at radius 2 is 1.66 bits per heavy atom. The summed E-state index contributed by atoms with van der Waals surface area (Å²) >= 11 is 0. The molecule has 5 rings (SSSR count). The molecule has 1 N–H and O–H groups in total. The van der Waals surface area contributed by atoms with Crippen LogP contribution in [0.5, 0.6) is 5.75 Å². The zero-order chi connectivity index (χ0) is 24.4. The predicted molar refractivity (Wildman–Crippen MR) is 134 cm³/mol. The van der Waals surface area contributed by atoms with Crippen molar-refractivity contribution in [2.75, 3.05) is 19.0 Å². The van der Waals surface area contributed by atoms with Crippen LogP contribution in [0.4, 0.5) is 10.2 Å². The number of ketones is 2. The monoisotopic (exact) mass is 468 g/mol. The van der Waals surface area contributed by atoms with Crippen molar-refractivity contribution < 1.29 is 18.7 Å². The van der Waals surface area contributed by atoms with Gasteiger partial charge in [0, 0.05) is 30.6 Å². The SMILES string of the molecule is COc1ccc(C(=O)c2c(CC(=O)c3ccccc3)c(-c3ccc(F)cc3)n3c2NCCC3)cc1. The van der Waals surface area contributed by atoms with E-state index >= 15 is 0 Å². The van der Waals surface area contributed by atoms with Crippen LogP contribution in [0.15, 0.2) is 78.9 Å². The molecule has 1 aromatic heterocycles. The minimum Gasteiger partial charge on any atom is -0.497 e. The Hall–Kier alpha value is -4.19. The third-order valence-electron chi connectivity index (χ3n) is 6.35. The number of carbonyl (C=O) groups is 2. The van der Waals surface area contributed by atoms with E-state index in [9.17, 15) is 14.0 Å². The van der Waals surface area contributed by atoms with Gasteiger partial charge in [-0.2, -0.15) is 0 Å². The average Bonchev–Trinajstić information content (AvgIpc) is 3.22. The van der Waals surface area contributed by atoms with Crippen molar-refractivity contribution in [3.8, 4) is 17.0 Å². The fraction of sp³-hybridized carbons (Fsp3) is 0.172. The van der Waals surface area contributed by atoms with Gasteiger partial charge in [-0.1, -0.05) is 30.3 Å². The Labute approximate surface area is 203 Å². The van der Waals surface area contributed by atoms with Crippen LogP contribution >= 0.6 is 0 Å². The van der Waals surface area contributed by atoms with E-state index in [0.29, 0.717) is 40.4 Å². The van der Waals surface area contributed by atoms with Crippen LogP contribution in [0.25, 0.3) is 11.3 Å². The molecule has 0 fully saturated rings. The smallest absolute Gasteiger partial charge is 0.197 e. The molecule has 0 saturated carbocycles. The normalized spacial score (nSPS) is 12.5. The molecule has 5 nitrogen and oxygen atoms in total. The van der Waals surface area contributed by atoms with Crippen LogP contribution in [0, 0.1) is 5.82 Å². The van der Waals surface area contributed by atoms with Crippen LogP contribution in [0.1, 0.15) is 38.3 Å². The molecule has 0 saturated heterocycles. The van der Waals surface area contributed by atoms with E-state index in [1.807, 2.05) is 18.2 Å². The fourth-order valence-corrected chi connectivity index (χ4v) is 4.65. The molecule has 0 aliphatic carbocycles. The Kier molecular flexibility index (Phi) is 6.19. The van der Waals surface area contributed by atoms with E-state index in [1.54, 1.807) is 55.6 Å². The lowest BCUT2D eigenvalue weighted by Gasteiger charge is -2.20. The van der Waals surface area contributed by atoms with Gasteiger partial charge in [-0.3, -0.25) is 9.59 Å². The number of aromatic nitrogens is 1. The second kappa shape index (κ2) is 9.58. The molecule has 4 aromatic rings. The minimum absolute atomic E-state index is 0.0512. The molecule has 0 spiro atoms. The molecule has 0 amide bonds. The molecule has 3 aromatic carbocycles. The molecule has 0 unspecified atom stereocenters. The lowest BCUT2D eigenvalue weighted by Crippen LogP contribution is -2.19. The van der Waals surface area contributed by atoms with Gasteiger partial charge in [0.25, 0.3) is 0 Å². The molecule has 0 bridgehead atoms. The zero-order valence-electron chi connectivity index (χ0n) is 19.4. The standard InChI is InChI=1S/C29H25FN2O3/c1-35-23-14-10-21(11-15-23)28(34)26-24(18-25(33)19-6-3-2-4-7-19)27(20-8-12-22(30)13-9-20)32-17-5-16-31-29(26)32/h2-4,6-15,31H,5,16-18H2,1H3. The molecule has 2 heterocycles. The average molecular weight is 469 g/mol. The number of benzene rings is 3. The first kappa shape index (κ1) is 22.6. The van der Waals surface area contributed by atoms with Crippen LogP contribution in [-0.4, -0.2) is 29.8 Å². The molecule has 1 aliphatic rings. The lowest BCUT2D eigenvalue weighted by molar-refractivity contribution is 0.0993. The number of Topliss-reactive ketones (excluding diaryl/α,β-unsaturated/α-hetero) is 1. The molecule has 0 atom stereocenters. The topological polar surface area (TPSA) is 60.3 Å². The van der Waals surface area contributed by atoms with E-state index < -0.39 is 0 Å². The molecular weight excluding hydrogens is 443 g/mol. The molecule has 35 heavy (non-hydrogen) atoms. The number of ether oxygens (including phenoxy) is 1. The second-order valence-electron chi connectivity index (χ2n) is 8.51. The minimum atomic E-state index is -0.339. The summed E-state index contributed by atoms with van der Waals surface area (Å²) < 4.78 is 21.0. The molecule has 0 radical (unpaired) electrons. The van der Waals surface area contributed by atoms with Crippen molar-refractivity contribution >= 4 is 17.4 Å². The summed E-state index contributed by atoms with van der Waals surface area (Å²) in [6, 6.07) is 22.2. The van der Waals surface area contributed by atoms with E-state index in [0.717, 1.165) is 24.2 Å². The van der Waals surface area contributed by atoms with Crippen molar-refractivity contribution in [1.29, 1.82) is 0 Å². The maximum absolute atomic E-state index is 13.9. The highest BCUT2D eigenvalue weighted by Gasteiger charge is 2.31. The van der Waals surface area contributed by atoms with Crippen LogP contribution < -0.4 is 10.1 Å². The molecule has 6 heteroatoms. The molecule has 176 valence electrons. The van der Waals surface area contributed by atoms with Gasteiger partial charge in [-0.15, -0.1) is 0 Å². The summed E-state index contributed by atoms with van der Waals surface area (Å²) in [6.07, 6.45) is 0.924. The Balaban J connectivity index is 1.70. The van der Waals surface area contributed by atoms with Gasteiger partial charge in [-0.05, 0) is 66.1 Å². The zero-order valence-corrected chi connectivity index (χ0v) is 19.4. The number of rotatable bonds is 7. The quantitative estimate of drug-likeness (QED) is 0.350. The molecular formula is C29H25FN2O3. The van der Waals surface area contributed by atoms with Gasteiger partial charge in [0.05, 0.1) is 18.4 Å². The third-order valence-corrected chi connectivity index (χ3v) is 6.35. The Morgan fingerprint density at radius 1 is 0.943 bits per heavy atom. The summed E-state index contributed by atoms with van der Waals surface area (Å²) in [5.74, 6) is 0.766. The van der Waals surface area contributed by atoms with Gasteiger partial charge < -0.3 is 14.6 Å². The van der Waals surface area contributed by atoms with Gasteiger partial charge in [-0.25, -0.2) is 4.39 Å². The van der Waals surface area contributed by atoms with Gasteiger partial charge in [0.15, 0.2) is 11.6 Å². The van der Waals surface area contributed by atoms with E-state index in [1.165, 1.54) is 12.1 Å². The van der Waals surface area contributed by atoms with Crippen LogP contribution in [0.3, 0.4) is 0 Å². The van der Waals surface area contributed by atoms with E-state index in [-0.39, 0.29) is 23.8 Å².